The van der Waals surface area contributed by atoms with Crippen molar-refractivity contribution in [3.63, 3.8) is 0 Å². The lowest BCUT2D eigenvalue weighted by molar-refractivity contribution is -0.274. The smallest absolute Gasteiger partial charge is 0.406 e. The summed E-state index contributed by atoms with van der Waals surface area (Å²) in [5.74, 6) is 2.97. The van der Waals surface area contributed by atoms with E-state index in [4.69, 9.17) is 0 Å². The van der Waals surface area contributed by atoms with Gasteiger partial charge < -0.3 is 9.64 Å². The minimum absolute atomic E-state index is 0.117. The van der Waals surface area contributed by atoms with Gasteiger partial charge in [-0.05, 0) is 54.2 Å². The molecule has 1 aromatic carbocycles. The Labute approximate surface area is 135 Å². The first-order valence-electron chi connectivity index (χ1n) is 8.39. The van der Waals surface area contributed by atoms with Crippen molar-refractivity contribution < 1.29 is 17.9 Å². The molecule has 1 aliphatic carbocycles. The Kier molecular flexibility index (Phi) is 4.59. The van der Waals surface area contributed by atoms with Crippen LogP contribution in [0.4, 0.5) is 13.2 Å². The molecule has 0 aromatic heterocycles. The molecule has 0 radical (unpaired) electrons. The van der Waals surface area contributed by atoms with Crippen LogP contribution in [0.5, 0.6) is 5.75 Å². The minimum Gasteiger partial charge on any atom is -0.406 e. The van der Waals surface area contributed by atoms with Crippen LogP contribution in [0.15, 0.2) is 24.3 Å². The SMILES string of the molecule is CC(C)CN1CC2C(CCc3cccc(OC(F)(F)F)c3)C2C1. The van der Waals surface area contributed by atoms with Crippen LogP contribution < -0.4 is 4.74 Å². The highest BCUT2D eigenvalue weighted by Gasteiger charge is 2.54. The van der Waals surface area contributed by atoms with Gasteiger partial charge in [-0.2, -0.15) is 0 Å². The number of alkyl halides is 3. The van der Waals surface area contributed by atoms with Gasteiger partial charge in [0.2, 0.25) is 0 Å². The van der Waals surface area contributed by atoms with Gasteiger partial charge in [-0.15, -0.1) is 13.2 Å². The first kappa shape index (κ1) is 16.6. The number of benzene rings is 1. The predicted octanol–water partition coefficient (Wildman–Crippen LogP) is 4.35. The second-order valence-corrected chi connectivity index (χ2v) is 7.34. The third-order valence-corrected chi connectivity index (χ3v) is 4.97. The highest BCUT2D eigenvalue weighted by Crippen LogP contribution is 2.54. The number of rotatable bonds is 6. The maximum absolute atomic E-state index is 12.3. The van der Waals surface area contributed by atoms with Gasteiger partial charge >= 0.3 is 6.36 Å². The van der Waals surface area contributed by atoms with Crippen molar-refractivity contribution in [3.8, 4) is 5.75 Å². The summed E-state index contributed by atoms with van der Waals surface area (Å²) in [5.41, 5.74) is 0.927. The molecule has 1 saturated carbocycles. The second kappa shape index (κ2) is 6.34. The molecule has 23 heavy (non-hydrogen) atoms. The molecule has 1 heterocycles. The zero-order valence-electron chi connectivity index (χ0n) is 13.6. The lowest BCUT2D eigenvalue weighted by Crippen LogP contribution is -2.28. The number of hydrogen-bond acceptors (Lipinski definition) is 2. The molecule has 1 aliphatic heterocycles. The predicted molar refractivity (Wildman–Crippen MR) is 83.2 cm³/mol. The molecule has 0 bridgehead atoms. The number of hydrogen-bond donors (Lipinski definition) is 0. The average molecular weight is 327 g/mol. The van der Waals surface area contributed by atoms with Crippen molar-refractivity contribution in [1.82, 2.24) is 4.90 Å². The number of likely N-dealkylation sites (tertiary alicyclic amines) is 1. The summed E-state index contributed by atoms with van der Waals surface area (Å²) in [4.78, 5) is 2.55. The summed E-state index contributed by atoms with van der Waals surface area (Å²) in [7, 11) is 0. The van der Waals surface area contributed by atoms with Gasteiger partial charge in [-0.3, -0.25) is 0 Å². The Morgan fingerprint density at radius 3 is 2.52 bits per heavy atom. The van der Waals surface area contributed by atoms with Crippen LogP contribution in [-0.2, 0) is 6.42 Å². The molecule has 2 atom stereocenters. The fraction of sp³-hybridized carbons (Fsp3) is 0.667. The van der Waals surface area contributed by atoms with Gasteiger partial charge in [-0.25, -0.2) is 0 Å². The van der Waals surface area contributed by atoms with Crippen LogP contribution in [0.1, 0.15) is 25.8 Å². The molecule has 2 nitrogen and oxygen atoms in total. The molecule has 0 amide bonds. The Hall–Kier alpha value is -1.23. The van der Waals surface area contributed by atoms with Gasteiger partial charge in [0, 0.05) is 19.6 Å². The van der Waals surface area contributed by atoms with Crippen LogP contribution in [0.3, 0.4) is 0 Å². The van der Waals surface area contributed by atoms with Crippen molar-refractivity contribution in [2.75, 3.05) is 19.6 Å². The molecule has 1 saturated heterocycles. The molecule has 3 rings (SSSR count). The quantitative estimate of drug-likeness (QED) is 0.770. The Balaban J connectivity index is 1.45. The standard InChI is InChI=1S/C18H24F3NO/c1-12(2)9-22-10-16-15(17(16)11-22)7-6-13-4-3-5-14(8-13)23-18(19,20)21/h3-5,8,12,15-17H,6-7,9-11H2,1-2H3. The molecule has 0 spiro atoms. The molecule has 2 fully saturated rings. The molecule has 2 aliphatic rings. The number of halogens is 3. The number of fused-ring (bicyclic) bond motifs is 1. The van der Waals surface area contributed by atoms with E-state index in [1.54, 1.807) is 6.07 Å². The van der Waals surface area contributed by atoms with Crippen molar-refractivity contribution in [2.24, 2.45) is 23.7 Å². The van der Waals surface area contributed by atoms with Crippen LogP contribution in [0.2, 0.25) is 0 Å². The molecule has 5 heteroatoms. The summed E-state index contributed by atoms with van der Waals surface area (Å²) >= 11 is 0. The van der Waals surface area contributed by atoms with E-state index in [-0.39, 0.29) is 5.75 Å². The molecular formula is C18H24F3NO. The van der Waals surface area contributed by atoms with E-state index in [1.165, 1.54) is 31.8 Å². The Morgan fingerprint density at radius 1 is 1.22 bits per heavy atom. The zero-order chi connectivity index (χ0) is 16.6. The Morgan fingerprint density at radius 2 is 1.91 bits per heavy atom. The maximum atomic E-state index is 12.3. The van der Waals surface area contributed by atoms with Crippen molar-refractivity contribution in [2.45, 2.75) is 33.1 Å². The van der Waals surface area contributed by atoms with Crippen molar-refractivity contribution >= 4 is 0 Å². The third-order valence-electron chi connectivity index (χ3n) is 4.97. The zero-order valence-corrected chi connectivity index (χ0v) is 13.6. The molecular weight excluding hydrogens is 303 g/mol. The lowest BCUT2D eigenvalue weighted by atomic mass is 10.0. The molecule has 0 N–H and O–H groups in total. The first-order chi connectivity index (χ1) is 10.8. The van der Waals surface area contributed by atoms with E-state index >= 15 is 0 Å². The third kappa shape index (κ3) is 4.40. The second-order valence-electron chi connectivity index (χ2n) is 7.34. The summed E-state index contributed by atoms with van der Waals surface area (Å²) in [6.45, 7) is 8.07. The topological polar surface area (TPSA) is 12.5 Å². The maximum Gasteiger partial charge on any atom is 0.573 e. The highest BCUT2D eigenvalue weighted by molar-refractivity contribution is 5.29. The molecule has 128 valence electrons. The van der Waals surface area contributed by atoms with Crippen LogP contribution in [0.25, 0.3) is 0 Å². The Bertz CT molecular complexity index is 531. The fourth-order valence-corrected chi connectivity index (χ4v) is 4.06. The van der Waals surface area contributed by atoms with E-state index in [0.717, 1.165) is 36.2 Å². The largest absolute Gasteiger partial charge is 0.573 e. The van der Waals surface area contributed by atoms with Crippen LogP contribution in [-0.4, -0.2) is 30.9 Å². The number of ether oxygens (including phenoxy) is 1. The van der Waals surface area contributed by atoms with Gasteiger partial charge in [0.05, 0.1) is 0 Å². The minimum atomic E-state index is -4.62. The first-order valence-corrected chi connectivity index (χ1v) is 8.39. The highest BCUT2D eigenvalue weighted by atomic mass is 19.4. The molecule has 2 unspecified atom stereocenters. The number of nitrogens with zero attached hydrogens (tertiary/aromatic N) is 1. The van der Waals surface area contributed by atoms with Gasteiger partial charge in [0.15, 0.2) is 0 Å². The van der Waals surface area contributed by atoms with E-state index in [0.29, 0.717) is 5.92 Å². The number of aryl methyl sites for hydroxylation is 1. The van der Waals surface area contributed by atoms with Crippen molar-refractivity contribution in [3.05, 3.63) is 29.8 Å². The monoisotopic (exact) mass is 327 g/mol. The molecule has 1 aromatic rings. The van der Waals surface area contributed by atoms with E-state index in [2.05, 4.69) is 23.5 Å². The van der Waals surface area contributed by atoms with E-state index in [1.807, 2.05) is 6.07 Å². The van der Waals surface area contributed by atoms with Crippen molar-refractivity contribution in [1.29, 1.82) is 0 Å². The van der Waals surface area contributed by atoms with Crippen LogP contribution >= 0.6 is 0 Å². The average Bonchev–Trinajstić information content (AvgIpc) is 2.87. The summed E-state index contributed by atoms with van der Waals surface area (Å²) in [6, 6.07) is 6.38. The van der Waals surface area contributed by atoms with E-state index in [9.17, 15) is 13.2 Å². The van der Waals surface area contributed by atoms with Gasteiger partial charge in [-0.1, -0.05) is 26.0 Å². The van der Waals surface area contributed by atoms with Gasteiger partial charge in [0.1, 0.15) is 5.75 Å². The van der Waals surface area contributed by atoms with Crippen LogP contribution in [0, 0.1) is 23.7 Å². The summed E-state index contributed by atoms with van der Waals surface area (Å²) < 4.78 is 40.7. The fourth-order valence-electron chi connectivity index (χ4n) is 4.06. The van der Waals surface area contributed by atoms with Gasteiger partial charge in [0.25, 0.3) is 0 Å². The summed E-state index contributed by atoms with van der Waals surface area (Å²) in [6.07, 6.45) is -2.72. The number of piperidine rings is 1. The summed E-state index contributed by atoms with van der Waals surface area (Å²) in [5, 5.41) is 0. The lowest BCUT2D eigenvalue weighted by Gasteiger charge is -2.21. The van der Waals surface area contributed by atoms with E-state index < -0.39 is 6.36 Å². The normalized spacial score (nSPS) is 27.3.